The van der Waals surface area contributed by atoms with Crippen molar-refractivity contribution in [2.75, 3.05) is 19.8 Å². The van der Waals surface area contributed by atoms with Crippen LogP contribution in [0.4, 0.5) is 0 Å². The van der Waals surface area contributed by atoms with Crippen LogP contribution in [0.25, 0.3) is 0 Å². The molecule has 6 unspecified atom stereocenters. The Hall–Kier alpha value is -1.24. The number of hydroxylamine groups is 2. The molecule has 1 aliphatic heterocycles. The van der Waals surface area contributed by atoms with E-state index in [2.05, 4.69) is 126 Å². The van der Waals surface area contributed by atoms with Gasteiger partial charge >= 0.3 is 324 Å². The topological polar surface area (TPSA) is 85.3 Å². The van der Waals surface area contributed by atoms with Crippen molar-refractivity contribution in [3.05, 3.63) is 35.9 Å². The molecule has 2 rings (SSSR count). The molecule has 8 heteroatoms. The molecule has 6 atom stereocenters. The van der Waals surface area contributed by atoms with Gasteiger partial charge in [-0.25, -0.2) is 0 Å². The molecule has 0 saturated carbocycles. The zero-order chi connectivity index (χ0) is 39.9. The van der Waals surface area contributed by atoms with E-state index in [0.29, 0.717) is 25.9 Å². The third kappa shape index (κ3) is 10.5. The number of hydrogen-bond acceptors (Lipinski definition) is 7. The van der Waals surface area contributed by atoms with E-state index in [9.17, 15) is 14.7 Å². The summed E-state index contributed by atoms with van der Waals surface area (Å²) >= 11 is 1.90. The van der Waals surface area contributed by atoms with Crippen LogP contribution in [0.15, 0.2) is 30.3 Å². The first kappa shape index (κ1) is 46.9. The molecule has 52 heavy (non-hydrogen) atoms. The van der Waals surface area contributed by atoms with Crippen LogP contribution in [0.5, 0.6) is 0 Å². The fourth-order valence-corrected chi connectivity index (χ4v) is 9.13. The second kappa shape index (κ2) is 18.6. The standard InChI is InChI=1S/C44H75NO6.Mo/c1-16-19-26-50-38(48)36(29-39(6,7)32(4)34-23-21-20-22-24-34)41(10,11)40(8,9)28-35(31-49-27-25-46)42(12,13)51-45-43(14,17-2)30-37(47)33(5)44(45,15)18-3;/h20-24,32-33,35-36,46H,16-19,25-30H2,1-15H3;. The van der Waals surface area contributed by atoms with Crippen molar-refractivity contribution in [3.8, 4) is 0 Å². The van der Waals surface area contributed by atoms with Gasteiger partial charge in [0.1, 0.15) is 0 Å². The summed E-state index contributed by atoms with van der Waals surface area (Å²) in [5.41, 5.74) is -1.57. The molecule has 1 fully saturated rings. The van der Waals surface area contributed by atoms with E-state index in [1.165, 1.54) is 5.56 Å². The van der Waals surface area contributed by atoms with Gasteiger partial charge in [-0.2, -0.15) is 0 Å². The van der Waals surface area contributed by atoms with Crippen LogP contribution in [0.1, 0.15) is 160 Å². The monoisotopic (exact) mass is 811 g/mol. The molecular formula is C44H75MoNO6. The molecule has 0 bridgehead atoms. The number of unbranched alkanes of at least 4 members (excludes halogenated alkanes) is 1. The third-order valence-corrected chi connectivity index (χ3v) is 14.7. The molecule has 0 radical (unpaired) electrons. The van der Waals surface area contributed by atoms with Gasteiger partial charge in [-0.05, 0) is 0 Å². The molecule has 0 aliphatic carbocycles. The van der Waals surface area contributed by atoms with Gasteiger partial charge in [0.05, 0.1) is 0 Å². The first-order valence-electron chi connectivity index (χ1n) is 19.9. The zero-order valence-electron chi connectivity index (χ0n) is 35.6. The van der Waals surface area contributed by atoms with Crippen molar-refractivity contribution < 1.29 is 48.4 Å². The van der Waals surface area contributed by atoms with Gasteiger partial charge in [-0.3, -0.25) is 0 Å². The summed E-state index contributed by atoms with van der Waals surface area (Å²) < 4.78 is 13.1. The Balaban J connectivity index is 2.64. The summed E-state index contributed by atoms with van der Waals surface area (Å²) in [4.78, 5) is 35.0. The Morgan fingerprint density at radius 2 is 1.54 bits per heavy atom. The Morgan fingerprint density at radius 3 is 2.06 bits per heavy atom. The van der Waals surface area contributed by atoms with Crippen molar-refractivity contribution in [3.63, 3.8) is 0 Å². The van der Waals surface area contributed by atoms with E-state index in [1.54, 1.807) is 0 Å². The number of ketones is 1. The van der Waals surface area contributed by atoms with Crippen molar-refractivity contribution in [1.29, 1.82) is 0 Å². The first-order chi connectivity index (χ1) is 23.9. The summed E-state index contributed by atoms with van der Waals surface area (Å²) in [5.74, 6) is -0.386. The molecular weight excluding hydrogens is 734 g/mol. The van der Waals surface area contributed by atoms with Gasteiger partial charge in [-0.15, -0.1) is 0 Å². The zero-order valence-corrected chi connectivity index (χ0v) is 37.6. The second-order valence-corrected chi connectivity index (χ2v) is 19.6. The summed E-state index contributed by atoms with van der Waals surface area (Å²) in [6.07, 6.45) is 5.09. The number of benzene rings is 1. The van der Waals surface area contributed by atoms with Crippen LogP contribution < -0.4 is 0 Å². The van der Waals surface area contributed by atoms with Crippen molar-refractivity contribution in [2.45, 2.75) is 171 Å². The van der Waals surface area contributed by atoms with Gasteiger partial charge in [0.15, 0.2) is 0 Å². The van der Waals surface area contributed by atoms with Crippen LogP contribution in [0, 0.1) is 34.0 Å². The predicted octanol–water partition coefficient (Wildman–Crippen LogP) is 9.87. The van der Waals surface area contributed by atoms with E-state index >= 15 is 0 Å². The number of hydrogen-bond donors (Lipinski definition) is 1. The van der Waals surface area contributed by atoms with Gasteiger partial charge in [-0.1, -0.05) is 6.07 Å². The fourth-order valence-electron chi connectivity index (χ4n) is 8.02. The molecule has 0 aromatic heterocycles. The van der Waals surface area contributed by atoms with E-state index in [-0.39, 0.29) is 54.1 Å². The van der Waals surface area contributed by atoms with Crippen LogP contribution in [-0.2, 0) is 43.3 Å². The molecule has 1 heterocycles. The minimum absolute atomic E-state index is 0.0875. The Kier molecular flexibility index (Phi) is 16.8. The SMILES string of the molecule is CCCCOC(=O)C(CC(C)(C)C(C)c1ccccc1)C(C)(C)C(C)(C)CC([C](=[Mo])OCCO)C(C)(C)ON1C(C)(CC)CC(=O)C(C)C1(C)CC. The molecule has 1 aromatic carbocycles. The molecule has 1 aromatic rings. The quantitative estimate of drug-likeness (QED) is 0.0752. The van der Waals surface area contributed by atoms with Gasteiger partial charge in [0.2, 0.25) is 0 Å². The predicted molar refractivity (Wildman–Crippen MR) is 210 cm³/mol. The van der Waals surface area contributed by atoms with Crippen molar-refractivity contribution in [2.24, 2.45) is 34.0 Å². The number of ether oxygens (including phenoxy) is 2. The second-order valence-electron chi connectivity index (χ2n) is 18.6. The molecule has 1 aliphatic rings. The average molecular weight is 810 g/mol. The molecule has 0 spiro atoms. The number of nitrogens with zero attached hydrogens (tertiary/aromatic N) is 1. The summed E-state index contributed by atoms with van der Waals surface area (Å²) in [7, 11) is 0. The van der Waals surface area contributed by atoms with Gasteiger partial charge < -0.3 is 0 Å². The summed E-state index contributed by atoms with van der Waals surface area (Å²) in [6, 6.07) is 10.6. The summed E-state index contributed by atoms with van der Waals surface area (Å²) in [5, 5.41) is 11.9. The molecule has 298 valence electrons. The van der Waals surface area contributed by atoms with E-state index in [0.717, 1.165) is 29.8 Å². The number of carbonyl (C=O) groups excluding carboxylic acids is 2. The number of esters is 1. The number of piperidine rings is 1. The number of Topliss-reactive ketones (excluding diaryl/α,β-unsaturated/α-hetero) is 1. The number of aliphatic hydroxyl groups excluding tert-OH is 1. The third-order valence-electron chi connectivity index (χ3n) is 13.7. The van der Waals surface area contributed by atoms with E-state index in [4.69, 9.17) is 14.3 Å². The fraction of sp³-hybridized carbons (Fsp3) is 0.795. The molecule has 0 amide bonds. The van der Waals surface area contributed by atoms with E-state index in [1.807, 2.05) is 32.3 Å². The average Bonchev–Trinajstić information content (AvgIpc) is 3.09. The van der Waals surface area contributed by atoms with E-state index < -0.39 is 27.5 Å². The van der Waals surface area contributed by atoms with Crippen molar-refractivity contribution in [1.82, 2.24) is 5.06 Å². The number of rotatable bonds is 21. The minimum atomic E-state index is -0.763. The number of aliphatic hydroxyl groups is 1. The number of carbonyl (C=O) groups is 2. The van der Waals surface area contributed by atoms with Crippen LogP contribution in [0.2, 0.25) is 0 Å². The van der Waals surface area contributed by atoms with Gasteiger partial charge in [0, 0.05) is 0 Å². The maximum absolute atomic E-state index is 14.3. The molecule has 1 saturated heterocycles. The summed E-state index contributed by atoms with van der Waals surface area (Å²) in [6.45, 7) is 33.3. The van der Waals surface area contributed by atoms with Crippen LogP contribution in [0.3, 0.4) is 0 Å². The van der Waals surface area contributed by atoms with Gasteiger partial charge in [0.25, 0.3) is 0 Å². The molecule has 1 N–H and O–H groups in total. The normalized spacial score (nSPS) is 24.0. The Bertz CT molecular complexity index is 1320. The molecule has 7 nitrogen and oxygen atoms in total. The Morgan fingerprint density at radius 1 is 0.942 bits per heavy atom. The van der Waals surface area contributed by atoms with Crippen LogP contribution in [-0.4, -0.2) is 62.5 Å². The first-order valence-corrected chi connectivity index (χ1v) is 20.9. The maximum atomic E-state index is 14.3. The Labute approximate surface area is 329 Å². The van der Waals surface area contributed by atoms with Crippen LogP contribution >= 0.6 is 0 Å². The van der Waals surface area contributed by atoms with Crippen molar-refractivity contribution >= 4 is 15.8 Å².